The van der Waals surface area contributed by atoms with Crippen LogP contribution in [-0.4, -0.2) is 42.9 Å². The van der Waals surface area contributed by atoms with Crippen LogP contribution < -0.4 is 10.1 Å². The zero-order valence-corrected chi connectivity index (χ0v) is 21.5. The number of carbonyl (C=O) groups excluding carboxylic acids is 1. The molecule has 0 unspecified atom stereocenters. The van der Waals surface area contributed by atoms with Crippen LogP contribution in [0.25, 0.3) is 22.2 Å². The van der Waals surface area contributed by atoms with E-state index in [4.69, 9.17) is 18.9 Å². The second kappa shape index (κ2) is 10.8. The summed E-state index contributed by atoms with van der Waals surface area (Å²) in [5, 5.41) is 13.9. The SMILES string of the molecule is CC(C)[C@H](C)OC(=O)Nc1ccc(-c2c(C#N)c3ccc(OC4COCOC4)cc3n2C2CCC2)cc1. The number of hydrogen-bond acceptors (Lipinski definition) is 6. The minimum atomic E-state index is -0.475. The average molecular weight is 504 g/mol. The van der Waals surface area contributed by atoms with Gasteiger partial charge < -0.3 is 23.5 Å². The number of fused-ring (bicyclic) bond motifs is 1. The van der Waals surface area contributed by atoms with E-state index in [1.807, 2.05) is 63.2 Å². The van der Waals surface area contributed by atoms with Crippen LogP contribution in [0.3, 0.4) is 0 Å². The largest absolute Gasteiger partial charge is 0.486 e. The van der Waals surface area contributed by atoms with E-state index in [9.17, 15) is 10.1 Å². The van der Waals surface area contributed by atoms with Gasteiger partial charge in [0.05, 0.1) is 30.0 Å². The molecule has 1 aromatic heterocycles. The number of hydrogen-bond donors (Lipinski definition) is 1. The number of amides is 1. The zero-order chi connectivity index (χ0) is 25.9. The molecule has 194 valence electrons. The Bertz CT molecular complexity index is 1300. The summed E-state index contributed by atoms with van der Waals surface area (Å²) in [5.74, 6) is 0.968. The normalized spacial score (nSPS) is 17.3. The van der Waals surface area contributed by atoms with Crippen molar-refractivity contribution in [1.82, 2.24) is 4.57 Å². The van der Waals surface area contributed by atoms with Crippen molar-refractivity contribution in [3.8, 4) is 23.1 Å². The number of nitrogens with zero attached hydrogens (tertiary/aromatic N) is 2. The molecule has 1 amide bonds. The Balaban J connectivity index is 1.47. The first-order valence-corrected chi connectivity index (χ1v) is 12.9. The minimum absolute atomic E-state index is 0.163. The van der Waals surface area contributed by atoms with Gasteiger partial charge in [-0.25, -0.2) is 4.79 Å². The average Bonchev–Trinajstić information content (AvgIpc) is 3.17. The Morgan fingerprint density at radius 1 is 1.11 bits per heavy atom. The fraction of sp³-hybridized carbons (Fsp3) is 0.448. The number of aromatic nitrogens is 1. The molecule has 2 heterocycles. The Labute approximate surface area is 217 Å². The van der Waals surface area contributed by atoms with Crippen molar-refractivity contribution in [2.24, 2.45) is 5.92 Å². The van der Waals surface area contributed by atoms with Crippen molar-refractivity contribution in [3.05, 3.63) is 48.0 Å². The van der Waals surface area contributed by atoms with Crippen molar-refractivity contribution in [3.63, 3.8) is 0 Å². The number of nitrogens with one attached hydrogen (secondary N) is 1. The van der Waals surface area contributed by atoms with Crippen LogP contribution in [0.5, 0.6) is 5.75 Å². The van der Waals surface area contributed by atoms with Gasteiger partial charge in [0.2, 0.25) is 0 Å². The molecule has 1 aliphatic heterocycles. The van der Waals surface area contributed by atoms with Gasteiger partial charge in [-0.3, -0.25) is 5.32 Å². The summed E-state index contributed by atoms with van der Waals surface area (Å²) in [5.41, 5.74) is 4.09. The molecule has 5 rings (SSSR count). The topological polar surface area (TPSA) is 94.7 Å². The number of anilines is 1. The van der Waals surface area contributed by atoms with Crippen molar-refractivity contribution in [2.75, 3.05) is 25.3 Å². The summed E-state index contributed by atoms with van der Waals surface area (Å²) in [6, 6.07) is 16.2. The molecule has 0 spiro atoms. The number of carbonyl (C=O) groups is 1. The molecular weight excluding hydrogens is 470 g/mol. The molecular formula is C29H33N3O5. The number of ether oxygens (including phenoxy) is 4. The maximum absolute atomic E-state index is 12.3. The van der Waals surface area contributed by atoms with Crippen LogP contribution in [-0.2, 0) is 14.2 Å². The van der Waals surface area contributed by atoms with Crippen molar-refractivity contribution in [2.45, 2.75) is 58.3 Å². The maximum atomic E-state index is 12.3. The first kappa shape index (κ1) is 25.1. The van der Waals surface area contributed by atoms with Gasteiger partial charge in [-0.05, 0) is 61.9 Å². The number of rotatable bonds is 7. The van der Waals surface area contributed by atoms with E-state index in [2.05, 4.69) is 16.0 Å². The van der Waals surface area contributed by atoms with Crippen LogP contribution in [0.15, 0.2) is 42.5 Å². The predicted octanol–water partition coefficient (Wildman–Crippen LogP) is 6.25. The Hall–Kier alpha value is -3.54. The molecule has 2 fully saturated rings. The summed E-state index contributed by atoms with van der Waals surface area (Å²) >= 11 is 0. The van der Waals surface area contributed by atoms with Gasteiger partial charge in [0.15, 0.2) is 0 Å². The maximum Gasteiger partial charge on any atom is 0.411 e. The molecule has 1 aliphatic carbocycles. The fourth-order valence-electron chi connectivity index (χ4n) is 4.68. The first-order chi connectivity index (χ1) is 17.9. The van der Waals surface area contributed by atoms with E-state index in [-0.39, 0.29) is 18.1 Å². The Kier molecular flexibility index (Phi) is 7.36. The lowest BCUT2D eigenvalue weighted by molar-refractivity contribution is -0.143. The molecule has 2 aromatic carbocycles. The summed E-state index contributed by atoms with van der Waals surface area (Å²) in [7, 11) is 0. The molecule has 1 saturated carbocycles. The molecule has 8 heteroatoms. The van der Waals surface area contributed by atoms with Crippen molar-refractivity contribution in [1.29, 1.82) is 5.26 Å². The highest BCUT2D eigenvalue weighted by Crippen LogP contribution is 2.43. The molecule has 2 aliphatic rings. The van der Waals surface area contributed by atoms with Crippen molar-refractivity contribution < 1.29 is 23.7 Å². The highest BCUT2D eigenvalue weighted by atomic mass is 16.7. The fourth-order valence-corrected chi connectivity index (χ4v) is 4.68. The molecule has 1 atom stereocenters. The van der Waals surface area contributed by atoms with Gasteiger partial charge in [-0.2, -0.15) is 5.26 Å². The second-order valence-electron chi connectivity index (χ2n) is 10.1. The van der Waals surface area contributed by atoms with E-state index >= 15 is 0 Å². The molecule has 1 N–H and O–H groups in total. The zero-order valence-electron chi connectivity index (χ0n) is 21.5. The van der Waals surface area contributed by atoms with Gasteiger partial charge >= 0.3 is 6.09 Å². The van der Waals surface area contributed by atoms with Crippen molar-refractivity contribution >= 4 is 22.7 Å². The lowest BCUT2D eigenvalue weighted by Gasteiger charge is -2.30. The summed E-state index contributed by atoms with van der Waals surface area (Å²) in [6.07, 6.45) is 2.48. The van der Waals surface area contributed by atoms with Gasteiger partial charge in [0.25, 0.3) is 0 Å². The number of nitriles is 1. The van der Waals surface area contributed by atoms with Crippen LogP contribution >= 0.6 is 0 Å². The molecule has 0 radical (unpaired) electrons. The summed E-state index contributed by atoms with van der Waals surface area (Å²) in [6.45, 7) is 7.17. The molecule has 8 nitrogen and oxygen atoms in total. The van der Waals surface area contributed by atoms with E-state index in [1.165, 1.54) is 6.42 Å². The smallest absolute Gasteiger partial charge is 0.411 e. The highest BCUT2D eigenvalue weighted by molar-refractivity contribution is 5.96. The molecule has 3 aromatic rings. The van der Waals surface area contributed by atoms with Gasteiger partial charge in [-0.1, -0.05) is 26.0 Å². The minimum Gasteiger partial charge on any atom is -0.486 e. The third-order valence-electron chi connectivity index (χ3n) is 7.24. The second-order valence-corrected chi connectivity index (χ2v) is 10.1. The van der Waals surface area contributed by atoms with Gasteiger partial charge in [0.1, 0.15) is 30.8 Å². The summed E-state index contributed by atoms with van der Waals surface area (Å²) < 4.78 is 24.6. The third-order valence-corrected chi connectivity index (χ3v) is 7.24. The van der Waals surface area contributed by atoms with Crippen LogP contribution in [0.1, 0.15) is 51.6 Å². The van der Waals surface area contributed by atoms with Crippen LogP contribution in [0.2, 0.25) is 0 Å². The monoisotopic (exact) mass is 503 g/mol. The Morgan fingerprint density at radius 2 is 1.84 bits per heavy atom. The van der Waals surface area contributed by atoms with E-state index in [1.54, 1.807) is 0 Å². The van der Waals surface area contributed by atoms with Gasteiger partial charge in [0, 0.05) is 23.2 Å². The predicted molar refractivity (Wildman–Crippen MR) is 141 cm³/mol. The molecule has 1 saturated heterocycles. The van der Waals surface area contributed by atoms with Crippen LogP contribution in [0, 0.1) is 17.2 Å². The quantitative estimate of drug-likeness (QED) is 0.410. The van der Waals surface area contributed by atoms with E-state index < -0.39 is 6.09 Å². The van der Waals surface area contributed by atoms with Gasteiger partial charge in [-0.15, -0.1) is 0 Å². The first-order valence-electron chi connectivity index (χ1n) is 12.9. The lowest BCUT2D eigenvalue weighted by Crippen LogP contribution is -2.33. The number of benzene rings is 2. The lowest BCUT2D eigenvalue weighted by atomic mass is 9.92. The highest BCUT2D eigenvalue weighted by Gasteiger charge is 2.28. The van der Waals surface area contributed by atoms with Crippen LogP contribution in [0.4, 0.5) is 10.5 Å². The molecule has 0 bridgehead atoms. The third kappa shape index (κ3) is 5.29. The Morgan fingerprint density at radius 3 is 2.46 bits per heavy atom. The molecule has 37 heavy (non-hydrogen) atoms. The van der Waals surface area contributed by atoms with E-state index in [0.29, 0.717) is 37.3 Å². The summed E-state index contributed by atoms with van der Waals surface area (Å²) in [4.78, 5) is 12.3. The standard InChI is InChI=1S/C29H33N3O5/c1-18(2)19(3)36-29(33)31-21-9-7-20(8-10-21)28-26(14-30)25-12-11-23(37-24-15-34-17-35-16-24)13-27(25)32(28)22-5-4-6-22/h7-13,18-19,22,24H,4-6,15-17H2,1-3H3,(H,31,33)/t19-/m0/s1. The van der Waals surface area contributed by atoms with E-state index in [0.717, 1.165) is 40.8 Å².